The molecule has 2 saturated heterocycles. The van der Waals surface area contributed by atoms with Gasteiger partial charge in [0.1, 0.15) is 9.84 Å². The molecule has 21 heavy (non-hydrogen) atoms. The van der Waals surface area contributed by atoms with Crippen LogP contribution < -0.4 is 0 Å². The summed E-state index contributed by atoms with van der Waals surface area (Å²) in [4.78, 5) is 14.6. The lowest BCUT2D eigenvalue weighted by atomic mass is 10.0. The van der Waals surface area contributed by atoms with Crippen LogP contribution in [0.25, 0.3) is 0 Å². The first-order chi connectivity index (χ1) is 9.95. The van der Waals surface area contributed by atoms with Gasteiger partial charge in [0, 0.05) is 23.6 Å². The highest BCUT2D eigenvalue weighted by Crippen LogP contribution is 2.39. The Morgan fingerprint density at radius 3 is 2.19 bits per heavy atom. The molecule has 2 aliphatic heterocycles. The number of carbonyl (C=O) groups excluding carboxylic acids is 1. The molecule has 3 aliphatic rings. The predicted octanol–water partition coefficient (Wildman–Crippen LogP) is 2.23. The van der Waals surface area contributed by atoms with Crippen LogP contribution in [0.1, 0.15) is 51.4 Å². The van der Waals surface area contributed by atoms with Crippen LogP contribution in [0.4, 0.5) is 0 Å². The molecule has 120 valence electrons. The van der Waals surface area contributed by atoms with Crippen molar-refractivity contribution in [2.24, 2.45) is 0 Å². The maximum absolute atomic E-state index is 12.5. The van der Waals surface area contributed by atoms with E-state index in [1.54, 1.807) is 0 Å². The maximum atomic E-state index is 12.5. The fourth-order valence-corrected chi connectivity index (χ4v) is 6.54. The van der Waals surface area contributed by atoms with E-state index in [1.165, 1.54) is 31.9 Å². The Hall–Kier alpha value is -0.230. The van der Waals surface area contributed by atoms with Gasteiger partial charge in [-0.3, -0.25) is 4.79 Å². The van der Waals surface area contributed by atoms with Crippen molar-refractivity contribution in [1.82, 2.24) is 4.90 Å². The summed E-state index contributed by atoms with van der Waals surface area (Å²) in [6.07, 6.45) is 9.71. The van der Waals surface area contributed by atoms with Gasteiger partial charge in [0.25, 0.3) is 0 Å². The number of hydrogen-bond donors (Lipinski definition) is 0. The molecule has 2 bridgehead atoms. The summed E-state index contributed by atoms with van der Waals surface area (Å²) in [7, 11) is -2.97. The maximum Gasteiger partial charge on any atom is 0.233 e. The summed E-state index contributed by atoms with van der Waals surface area (Å²) in [6, 6.07) is 0.334. The first-order valence-corrected chi connectivity index (χ1v) is 11.1. The second-order valence-corrected chi connectivity index (χ2v) is 10.4. The van der Waals surface area contributed by atoms with Crippen molar-refractivity contribution in [2.45, 2.75) is 74.0 Å². The van der Waals surface area contributed by atoms with Crippen LogP contribution >= 0.6 is 11.8 Å². The van der Waals surface area contributed by atoms with Gasteiger partial charge in [-0.25, -0.2) is 8.42 Å². The number of nitrogens with zero attached hydrogens (tertiary/aromatic N) is 1. The van der Waals surface area contributed by atoms with Crippen molar-refractivity contribution in [3.63, 3.8) is 0 Å². The molecule has 0 N–H and O–H groups in total. The lowest BCUT2D eigenvalue weighted by Gasteiger charge is -2.38. The van der Waals surface area contributed by atoms with Gasteiger partial charge in [0.05, 0.1) is 11.0 Å². The Kier molecular flexibility index (Phi) is 4.55. The molecule has 4 nitrogen and oxygen atoms in total. The lowest BCUT2D eigenvalue weighted by Crippen LogP contribution is -2.50. The summed E-state index contributed by atoms with van der Waals surface area (Å²) < 4.78 is 23.5. The van der Waals surface area contributed by atoms with Gasteiger partial charge in [-0.1, -0.05) is 12.8 Å². The molecule has 1 aliphatic carbocycles. The van der Waals surface area contributed by atoms with Crippen molar-refractivity contribution < 1.29 is 13.2 Å². The molecular formula is C15H25NO3S2. The van der Waals surface area contributed by atoms with Crippen LogP contribution in [0.5, 0.6) is 0 Å². The van der Waals surface area contributed by atoms with Gasteiger partial charge < -0.3 is 4.90 Å². The monoisotopic (exact) mass is 331 g/mol. The average molecular weight is 332 g/mol. The van der Waals surface area contributed by atoms with Crippen LogP contribution in [0.3, 0.4) is 0 Å². The molecule has 1 saturated carbocycles. The molecule has 3 fully saturated rings. The van der Waals surface area contributed by atoms with Crippen molar-refractivity contribution >= 4 is 27.5 Å². The minimum Gasteiger partial charge on any atom is -0.336 e. The number of carbonyl (C=O) groups is 1. The van der Waals surface area contributed by atoms with Gasteiger partial charge >= 0.3 is 0 Å². The molecular weight excluding hydrogens is 306 g/mol. The molecule has 2 heterocycles. The number of fused-ring (bicyclic) bond motifs is 2. The molecule has 1 amide bonds. The number of piperidine rings is 1. The van der Waals surface area contributed by atoms with Crippen molar-refractivity contribution in [3.8, 4) is 0 Å². The Morgan fingerprint density at radius 2 is 1.67 bits per heavy atom. The second kappa shape index (κ2) is 6.11. The zero-order valence-electron chi connectivity index (χ0n) is 12.7. The van der Waals surface area contributed by atoms with Crippen LogP contribution in [-0.4, -0.2) is 53.8 Å². The Morgan fingerprint density at radius 1 is 1.10 bits per heavy atom. The summed E-state index contributed by atoms with van der Waals surface area (Å²) in [5.74, 6) is 0.827. The molecule has 3 rings (SSSR count). The van der Waals surface area contributed by atoms with E-state index in [2.05, 4.69) is 0 Å². The summed E-state index contributed by atoms with van der Waals surface area (Å²) in [5.41, 5.74) is 0. The van der Waals surface area contributed by atoms with Gasteiger partial charge in [0.15, 0.2) is 0 Å². The zero-order chi connectivity index (χ0) is 15.0. The predicted molar refractivity (Wildman–Crippen MR) is 86.2 cm³/mol. The van der Waals surface area contributed by atoms with Crippen molar-refractivity contribution in [1.29, 1.82) is 0 Å². The molecule has 0 radical (unpaired) electrons. The van der Waals surface area contributed by atoms with Crippen LogP contribution in [0.2, 0.25) is 0 Å². The summed E-state index contributed by atoms with van der Waals surface area (Å²) in [6.45, 7) is 0. The van der Waals surface area contributed by atoms with Crippen LogP contribution in [0, 0.1) is 0 Å². The number of sulfone groups is 1. The number of rotatable bonds is 4. The van der Waals surface area contributed by atoms with E-state index >= 15 is 0 Å². The van der Waals surface area contributed by atoms with E-state index in [1.807, 2.05) is 16.7 Å². The minimum absolute atomic E-state index is 0.167. The molecule has 0 aromatic heterocycles. The number of amides is 1. The highest BCUT2D eigenvalue weighted by Gasteiger charge is 2.45. The van der Waals surface area contributed by atoms with E-state index in [0.29, 0.717) is 23.8 Å². The fraction of sp³-hybridized carbons (Fsp3) is 0.933. The lowest BCUT2D eigenvalue weighted by molar-refractivity contribution is -0.132. The third-order valence-corrected chi connectivity index (χ3v) is 8.28. The van der Waals surface area contributed by atoms with Crippen LogP contribution in [0.15, 0.2) is 0 Å². The first kappa shape index (κ1) is 15.7. The third-order valence-electron chi connectivity index (χ3n) is 5.33. The second-order valence-electron chi connectivity index (χ2n) is 6.83. The number of hydrogen-bond acceptors (Lipinski definition) is 4. The smallest absolute Gasteiger partial charge is 0.233 e. The van der Waals surface area contributed by atoms with Gasteiger partial charge in [-0.15, -0.1) is 11.8 Å². The molecule has 0 aromatic carbocycles. The molecule has 2 unspecified atom stereocenters. The van der Waals surface area contributed by atoms with Crippen molar-refractivity contribution in [2.75, 3.05) is 12.0 Å². The standard InChI is InChI=1S/C15H25NO3S2/c1-21(18,19)14-8-11-6-7-12(9-14)16(11)15(17)10-20-13-4-2-3-5-13/h11-14H,2-10H2,1H3. The van der Waals surface area contributed by atoms with E-state index in [-0.39, 0.29) is 23.2 Å². The average Bonchev–Trinajstić information content (AvgIpc) is 3.01. The van der Waals surface area contributed by atoms with Gasteiger partial charge in [-0.05, 0) is 38.5 Å². The first-order valence-electron chi connectivity index (χ1n) is 8.07. The van der Waals surface area contributed by atoms with E-state index in [4.69, 9.17) is 0 Å². The van der Waals surface area contributed by atoms with Crippen molar-refractivity contribution in [3.05, 3.63) is 0 Å². The van der Waals surface area contributed by atoms with E-state index < -0.39 is 9.84 Å². The highest BCUT2D eigenvalue weighted by molar-refractivity contribution is 8.00. The van der Waals surface area contributed by atoms with Gasteiger partial charge in [0.2, 0.25) is 5.91 Å². The Balaban J connectivity index is 1.58. The van der Waals surface area contributed by atoms with Gasteiger partial charge in [-0.2, -0.15) is 0 Å². The van der Waals surface area contributed by atoms with E-state index in [9.17, 15) is 13.2 Å². The SMILES string of the molecule is CS(=O)(=O)C1CC2CCC(C1)N2C(=O)CSC1CCCC1. The fourth-order valence-electron chi connectivity index (χ4n) is 4.20. The summed E-state index contributed by atoms with van der Waals surface area (Å²) in [5, 5.41) is 0.432. The normalized spacial score (nSPS) is 33.6. The number of thioether (sulfide) groups is 1. The summed E-state index contributed by atoms with van der Waals surface area (Å²) >= 11 is 1.81. The molecule has 0 aromatic rings. The minimum atomic E-state index is -2.97. The molecule has 2 atom stereocenters. The highest BCUT2D eigenvalue weighted by atomic mass is 32.2. The largest absolute Gasteiger partial charge is 0.336 e. The molecule has 0 spiro atoms. The zero-order valence-corrected chi connectivity index (χ0v) is 14.3. The topological polar surface area (TPSA) is 54.5 Å². The van der Waals surface area contributed by atoms with Crippen LogP contribution in [-0.2, 0) is 14.6 Å². The Bertz CT molecular complexity index is 485. The molecule has 6 heteroatoms. The van der Waals surface area contributed by atoms with E-state index in [0.717, 1.165) is 12.8 Å². The third kappa shape index (κ3) is 3.41. The Labute approximate surface area is 132 Å². The quantitative estimate of drug-likeness (QED) is 0.793.